The van der Waals surface area contributed by atoms with Crippen molar-refractivity contribution in [1.29, 1.82) is 0 Å². The van der Waals surface area contributed by atoms with Crippen LogP contribution in [0.15, 0.2) is 218 Å². The molecule has 13 aromatic rings. The molecule has 2 aromatic heterocycles. The van der Waals surface area contributed by atoms with E-state index in [-0.39, 0.29) is 5.41 Å². The molecule has 0 unspecified atom stereocenters. The van der Waals surface area contributed by atoms with Crippen molar-refractivity contribution in [2.75, 3.05) is 9.80 Å². The zero-order chi connectivity index (χ0) is 44.4. The molecule has 0 radical (unpaired) electrons. The highest BCUT2D eigenvalue weighted by Gasteiger charge is 2.41. The molecule has 0 fully saturated rings. The van der Waals surface area contributed by atoms with Crippen LogP contribution < -0.4 is 9.80 Å². The molecule has 2 heterocycles. The molecule has 316 valence electrons. The molecule has 14 rings (SSSR count). The van der Waals surface area contributed by atoms with Crippen molar-refractivity contribution in [3.8, 4) is 11.1 Å². The van der Waals surface area contributed by atoms with Crippen molar-refractivity contribution >= 4 is 129 Å². The molecule has 1 aliphatic rings. The molecule has 11 aromatic carbocycles. The van der Waals surface area contributed by atoms with Gasteiger partial charge in [0.1, 0.15) is 0 Å². The molecule has 0 aliphatic heterocycles. The molecular weight excluding hydrogens is 849 g/mol. The molecule has 2 nitrogen and oxygen atoms in total. The lowest BCUT2D eigenvalue weighted by molar-refractivity contribution is 0.672. The largest absolute Gasteiger partial charge is 0.309 e. The van der Waals surface area contributed by atoms with E-state index < -0.39 is 0 Å². The van der Waals surface area contributed by atoms with Gasteiger partial charge in [-0.05, 0) is 116 Å². The number of rotatable bonds is 6. The van der Waals surface area contributed by atoms with Crippen molar-refractivity contribution in [2.45, 2.75) is 19.3 Å². The van der Waals surface area contributed by atoms with Crippen LogP contribution in [0.5, 0.6) is 0 Å². The van der Waals surface area contributed by atoms with Crippen LogP contribution in [0.25, 0.3) is 83.8 Å². The van der Waals surface area contributed by atoms with Crippen LogP contribution in [0.1, 0.15) is 25.0 Å². The third-order valence-corrected chi connectivity index (χ3v) is 16.7. The summed E-state index contributed by atoms with van der Waals surface area (Å²) >= 11 is 3.76. The van der Waals surface area contributed by atoms with Crippen LogP contribution in [0.2, 0.25) is 0 Å². The first-order valence-electron chi connectivity index (χ1n) is 23.1. The predicted octanol–water partition coefficient (Wildman–Crippen LogP) is 19.1. The van der Waals surface area contributed by atoms with E-state index in [1.807, 2.05) is 22.7 Å². The minimum atomic E-state index is -0.308. The number of para-hydroxylation sites is 2. The maximum Gasteiger partial charge on any atom is 0.0640 e. The molecule has 0 saturated heterocycles. The van der Waals surface area contributed by atoms with Gasteiger partial charge >= 0.3 is 0 Å². The van der Waals surface area contributed by atoms with Crippen molar-refractivity contribution in [3.05, 3.63) is 230 Å². The Hall–Kier alpha value is -7.76. The van der Waals surface area contributed by atoms with E-state index in [0.717, 1.165) is 17.1 Å². The van der Waals surface area contributed by atoms with E-state index in [0.29, 0.717) is 0 Å². The Morgan fingerprint density at radius 1 is 0.313 bits per heavy atom. The molecule has 0 atom stereocenters. The van der Waals surface area contributed by atoms with Gasteiger partial charge in [-0.15, -0.1) is 22.7 Å². The van der Waals surface area contributed by atoms with Crippen LogP contribution in [0, 0.1) is 0 Å². The number of hydrogen-bond acceptors (Lipinski definition) is 4. The van der Waals surface area contributed by atoms with E-state index in [2.05, 4.69) is 242 Å². The zero-order valence-corrected chi connectivity index (χ0v) is 38.6. The van der Waals surface area contributed by atoms with Crippen LogP contribution >= 0.6 is 22.7 Å². The molecule has 0 spiro atoms. The second-order valence-electron chi connectivity index (χ2n) is 18.4. The van der Waals surface area contributed by atoms with E-state index in [1.165, 1.54) is 112 Å². The van der Waals surface area contributed by atoms with Gasteiger partial charge < -0.3 is 9.80 Å². The van der Waals surface area contributed by atoms with Gasteiger partial charge in [0.25, 0.3) is 0 Å². The maximum atomic E-state index is 2.53. The quantitative estimate of drug-likeness (QED) is 0.154. The molecule has 4 heteroatoms. The lowest BCUT2D eigenvalue weighted by Gasteiger charge is -2.30. The van der Waals surface area contributed by atoms with E-state index in [9.17, 15) is 0 Å². The third kappa shape index (κ3) is 5.61. The van der Waals surface area contributed by atoms with Gasteiger partial charge in [-0.2, -0.15) is 0 Å². The normalized spacial score (nSPS) is 13.0. The van der Waals surface area contributed by atoms with Crippen LogP contribution in [-0.2, 0) is 5.41 Å². The van der Waals surface area contributed by atoms with Crippen LogP contribution in [0.4, 0.5) is 34.1 Å². The summed E-state index contributed by atoms with van der Waals surface area (Å²) in [5, 5.41) is 12.8. The Morgan fingerprint density at radius 3 is 1.42 bits per heavy atom. The topological polar surface area (TPSA) is 6.48 Å². The van der Waals surface area contributed by atoms with Crippen LogP contribution in [-0.4, -0.2) is 0 Å². The first-order chi connectivity index (χ1) is 33.0. The number of fused-ring (bicyclic) bond motifs is 16. The summed E-state index contributed by atoms with van der Waals surface area (Å²) < 4.78 is 5.19. The molecule has 0 amide bonds. The van der Waals surface area contributed by atoms with E-state index in [4.69, 9.17) is 0 Å². The smallest absolute Gasteiger partial charge is 0.0640 e. The van der Waals surface area contributed by atoms with Gasteiger partial charge in [0.2, 0.25) is 0 Å². The predicted molar refractivity (Wildman–Crippen MR) is 292 cm³/mol. The van der Waals surface area contributed by atoms with Crippen molar-refractivity contribution < 1.29 is 0 Å². The second-order valence-corrected chi connectivity index (χ2v) is 20.5. The lowest BCUT2D eigenvalue weighted by atomic mass is 9.77. The summed E-state index contributed by atoms with van der Waals surface area (Å²) in [6, 6.07) is 81.1. The Kier molecular flexibility index (Phi) is 8.40. The average molecular weight is 891 g/mol. The Balaban J connectivity index is 1.04. The highest BCUT2D eigenvalue weighted by molar-refractivity contribution is 7.26. The summed E-state index contributed by atoms with van der Waals surface area (Å²) in [5.74, 6) is 0. The minimum absolute atomic E-state index is 0.308. The fourth-order valence-electron chi connectivity index (χ4n) is 11.6. The zero-order valence-electron chi connectivity index (χ0n) is 37.0. The third-order valence-electron chi connectivity index (χ3n) is 14.3. The second kappa shape index (κ2) is 14.6. The van der Waals surface area contributed by atoms with E-state index >= 15 is 0 Å². The summed E-state index contributed by atoms with van der Waals surface area (Å²) in [5.41, 5.74) is 12.1. The fourth-order valence-corrected chi connectivity index (χ4v) is 14.0. The maximum absolute atomic E-state index is 2.53. The fraction of sp³-hybridized carbons (Fsp3) is 0.0476. The van der Waals surface area contributed by atoms with Crippen molar-refractivity contribution in [1.82, 2.24) is 0 Å². The Bertz CT molecular complexity index is 4140. The average Bonchev–Trinajstić information content (AvgIpc) is 4.03. The number of anilines is 6. The number of benzene rings is 11. The molecule has 67 heavy (non-hydrogen) atoms. The van der Waals surface area contributed by atoms with Crippen molar-refractivity contribution in [3.63, 3.8) is 0 Å². The summed E-state index contributed by atoms with van der Waals surface area (Å²) in [6.45, 7) is 4.91. The first kappa shape index (κ1) is 38.5. The molecule has 0 saturated carbocycles. The van der Waals surface area contributed by atoms with Gasteiger partial charge in [-0.25, -0.2) is 0 Å². The van der Waals surface area contributed by atoms with Crippen molar-refractivity contribution in [2.24, 2.45) is 0 Å². The standard InChI is InChI=1S/C63H42N2S2/c1-63(2)59-47-28-12-10-24-43(47)55(65(40-21-7-4-8-22-40)54-32-18-30-50-45-26-14-16-34-57(45)67-62(50)54)38-52(59)58-46-27-11-9-23-42(46)51-37-41(35-36-48(51)60(58)63)64(39-19-5-3-6-20-39)53-31-17-29-49-44-25-13-15-33-56(44)66-61(49)53/h3-38H,1-2H3. The molecule has 0 bridgehead atoms. The van der Waals surface area contributed by atoms with Gasteiger partial charge in [0, 0.05) is 58.8 Å². The minimum Gasteiger partial charge on any atom is -0.309 e. The number of thiophene rings is 2. The highest BCUT2D eigenvalue weighted by Crippen LogP contribution is 2.59. The van der Waals surface area contributed by atoms with Gasteiger partial charge in [-0.1, -0.05) is 166 Å². The summed E-state index contributed by atoms with van der Waals surface area (Å²) in [7, 11) is 0. The number of nitrogens with zero attached hydrogens (tertiary/aromatic N) is 2. The van der Waals surface area contributed by atoms with Gasteiger partial charge in [0.05, 0.1) is 26.5 Å². The summed E-state index contributed by atoms with van der Waals surface area (Å²) in [6.07, 6.45) is 0. The van der Waals surface area contributed by atoms with Gasteiger partial charge in [-0.3, -0.25) is 0 Å². The Morgan fingerprint density at radius 2 is 0.791 bits per heavy atom. The SMILES string of the molecule is CC1(C)c2c(cc(N(c3ccccc3)c3cccc4c3sc3ccccc34)c3ccccc23)-c2c1c1ccc(N(c3ccccc3)c3cccc4c3sc3ccccc34)cc1c1ccccc21. The number of hydrogen-bond donors (Lipinski definition) is 0. The van der Waals surface area contributed by atoms with E-state index in [1.54, 1.807) is 0 Å². The lowest BCUT2D eigenvalue weighted by Crippen LogP contribution is -2.17. The Labute approximate surface area is 396 Å². The summed E-state index contributed by atoms with van der Waals surface area (Å²) in [4.78, 5) is 4.99. The molecule has 0 N–H and O–H groups in total. The van der Waals surface area contributed by atoms with Gasteiger partial charge in [0.15, 0.2) is 0 Å². The molecular formula is C63H42N2S2. The highest BCUT2D eigenvalue weighted by atomic mass is 32.1. The molecule has 1 aliphatic carbocycles. The van der Waals surface area contributed by atoms with Crippen LogP contribution in [0.3, 0.4) is 0 Å². The first-order valence-corrected chi connectivity index (χ1v) is 24.7. The monoisotopic (exact) mass is 890 g/mol.